The van der Waals surface area contributed by atoms with Gasteiger partial charge >= 0.3 is 0 Å². The molecule has 0 fully saturated rings. The number of pyridine rings is 2. The van der Waals surface area contributed by atoms with Crippen molar-refractivity contribution in [3.8, 4) is 0 Å². The zero-order chi connectivity index (χ0) is 21.6. The quantitative estimate of drug-likeness (QED) is 0.456. The van der Waals surface area contributed by atoms with Gasteiger partial charge in [-0.3, -0.25) is 14.2 Å². The first kappa shape index (κ1) is 20.5. The number of carbonyl (C=O) groups excluding carboxylic acids is 1. The summed E-state index contributed by atoms with van der Waals surface area (Å²) >= 11 is 0. The fourth-order valence-electron chi connectivity index (χ4n) is 3.79. The molecule has 31 heavy (non-hydrogen) atoms. The predicted molar refractivity (Wildman–Crippen MR) is 123 cm³/mol. The fraction of sp³-hybridized carbons (Fsp3) is 0.192. The summed E-state index contributed by atoms with van der Waals surface area (Å²) in [6.07, 6.45) is 2.38. The Bertz CT molecular complexity index is 1230. The van der Waals surface area contributed by atoms with Gasteiger partial charge in [-0.2, -0.15) is 0 Å². The van der Waals surface area contributed by atoms with Crippen molar-refractivity contribution in [2.75, 3.05) is 6.54 Å². The normalized spacial score (nSPS) is 10.9. The molecule has 5 heteroatoms. The number of nitrogens with zero attached hydrogens (tertiary/aromatic N) is 3. The number of benzene rings is 2. The van der Waals surface area contributed by atoms with E-state index < -0.39 is 0 Å². The van der Waals surface area contributed by atoms with Gasteiger partial charge in [0.05, 0.1) is 0 Å². The second-order valence-corrected chi connectivity index (χ2v) is 7.47. The van der Waals surface area contributed by atoms with Crippen LogP contribution in [-0.2, 0) is 19.5 Å². The third-order valence-corrected chi connectivity index (χ3v) is 5.41. The van der Waals surface area contributed by atoms with Crippen molar-refractivity contribution >= 4 is 16.9 Å². The third-order valence-electron chi connectivity index (χ3n) is 5.41. The van der Waals surface area contributed by atoms with E-state index in [4.69, 9.17) is 0 Å². The van der Waals surface area contributed by atoms with E-state index in [2.05, 4.69) is 17.1 Å². The lowest BCUT2D eigenvalue weighted by Crippen LogP contribution is -2.37. The molecule has 0 spiro atoms. The average molecular weight is 412 g/mol. The highest BCUT2D eigenvalue weighted by atomic mass is 16.2. The molecular weight excluding hydrogens is 386 g/mol. The molecule has 4 aromatic rings. The van der Waals surface area contributed by atoms with E-state index in [1.165, 1.54) is 0 Å². The van der Waals surface area contributed by atoms with Crippen LogP contribution in [-0.4, -0.2) is 26.9 Å². The zero-order valence-corrected chi connectivity index (χ0v) is 17.6. The van der Waals surface area contributed by atoms with Crippen LogP contribution in [0.1, 0.15) is 28.4 Å². The maximum atomic E-state index is 13.6. The van der Waals surface area contributed by atoms with Crippen molar-refractivity contribution in [3.63, 3.8) is 0 Å². The van der Waals surface area contributed by atoms with Gasteiger partial charge in [-0.15, -0.1) is 0 Å². The summed E-state index contributed by atoms with van der Waals surface area (Å²) in [4.78, 5) is 32.9. The number of hydrogen-bond acceptors (Lipinski definition) is 3. The maximum absolute atomic E-state index is 13.6. The molecule has 0 saturated heterocycles. The minimum Gasteiger partial charge on any atom is -0.334 e. The molecule has 156 valence electrons. The van der Waals surface area contributed by atoms with E-state index in [0.29, 0.717) is 25.3 Å². The topological polar surface area (TPSA) is 55.2 Å². The van der Waals surface area contributed by atoms with Crippen LogP contribution in [0.2, 0.25) is 0 Å². The van der Waals surface area contributed by atoms with E-state index in [-0.39, 0.29) is 17.0 Å². The van der Waals surface area contributed by atoms with E-state index in [9.17, 15) is 9.59 Å². The fourth-order valence-corrected chi connectivity index (χ4v) is 3.79. The predicted octanol–water partition coefficient (Wildman–Crippen LogP) is 4.30. The van der Waals surface area contributed by atoms with Crippen molar-refractivity contribution in [2.24, 2.45) is 0 Å². The van der Waals surface area contributed by atoms with Gasteiger partial charge in [-0.1, -0.05) is 60.7 Å². The van der Waals surface area contributed by atoms with Crippen LogP contribution in [0, 0.1) is 0 Å². The van der Waals surface area contributed by atoms with Gasteiger partial charge in [-0.05, 0) is 42.7 Å². The first-order valence-electron chi connectivity index (χ1n) is 10.5. The van der Waals surface area contributed by atoms with Gasteiger partial charge in [0.15, 0.2) is 0 Å². The summed E-state index contributed by atoms with van der Waals surface area (Å²) in [5.74, 6) is -0.252. The largest absolute Gasteiger partial charge is 0.334 e. The molecule has 0 bridgehead atoms. The molecule has 5 nitrogen and oxygen atoms in total. The number of carbonyl (C=O) groups is 1. The van der Waals surface area contributed by atoms with E-state index in [1.54, 1.807) is 21.7 Å². The number of rotatable bonds is 7. The summed E-state index contributed by atoms with van der Waals surface area (Å²) in [7, 11) is 0. The summed E-state index contributed by atoms with van der Waals surface area (Å²) in [5.41, 5.74) is 2.68. The minimum absolute atomic E-state index is 0.186. The Morgan fingerprint density at radius 1 is 0.935 bits per heavy atom. The molecule has 0 aliphatic rings. The smallest absolute Gasteiger partial charge is 0.265 e. The molecule has 1 amide bonds. The Hall–Kier alpha value is -3.73. The summed E-state index contributed by atoms with van der Waals surface area (Å²) in [6.45, 7) is 3.31. The van der Waals surface area contributed by atoms with Crippen LogP contribution in [0.5, 0.6) is 0 Å². The standard InChI is InChI=1S/C26H25N3O2/c1-2-29-24-22(14-9-16-27-24)18-23(26(29)31)25(30)28(19-21-12-7-4-8-13-21)17-15-20-10-5-3-6-11-20/h3-14,16,18H,2,15,17,19H2,1H3. The molecule has 0 radical (unpaired) electrons. The van der Waals surface area contributed by atoms with Gasteiger partial charge in [0.2, 0.25) is 0 Å². The van der Waals surface area contributed by atoms with Gasteiger partial charge in [-0.25, -0.2) is 4.98 Å². The van der Waals surface area contributed by atoms with Crippen LogP contribution in [0.15, 0.2) is 89.9 Å². The molecule has 0 unspecified atom stereocenters. The highest BCUT2D eigenvalue weighted by Crippen LogP contribution is 2.15. The van der Waals surface area contributed by atoms with Crippen LogP contribution < -0.4 is 5.56 Å². The molecule has 2 aromatic carbocycles. The monoisotopic (exact) mass is 411 g/mol. The maximum Gasteiger partial charge on any atom is 0.265 e. The molecule has 4 rings (SSSR count). The number of hydrogen-bond donors (Lipinski definition) is 0. The van der Waals surface area contributed by atoms with Crippen molar-refractivity contribution in [1.82, 2.24) is 14.5 Å². The molecule has 0 aliphatic heterocycles. The highest BCUT2D eigenvalue weighted by Gasteiger charge is 2.22. The van der Waals surface area contributed by atoms with Crippen LogP contribution in [0.25, 0.3) is 11.0 Å². The lowest BCUT2D eigenvalue weighted by atomic mass is 10.1. The number of fused-ring (bicyclic) bond motifs is 1. The second kappa shape index (κ2) is 9.39. The second-order valence-electron chi connectivity index (χ2n) is 7.47. The Morgan fingerprint density at radius 2 is 1.61 bits per heavy atom. The molecule has 0 saturated carbocycles. The summed E-state index contributed by atoms with van der Waals surface area (Å²) < 4.78 is 1.57. The van der Waals surface area contributed by atoms with Gasteiger partial charge < -0.3 is 4.90 Å². The first-order valence-corrected chi connectivity index (χ1v) is 10.5. The molecular formula is C26H25N3O2. The van der Waals surface area contributed by atoms with Crippen LogP contribution in [0.4, 0.5) is 0 Å². The Kier molecular flexibility index (Phi) is 6.22. The summed E-state index contributed by atoms with van der Waals surface area (Å²) in [6, 6.07) is 25.3. The molecule has 0 aliphatic carbocycles. The SMILES string of the molecule is CCn1c(=O)c(C(=O)N(CCc2ccccc2)Cc2ccccc2)cc2cccnc21. The lowest BCUT2D eigenvalue weighted by molar-refractivity contribution is 0.0743. The molecule has 0 N–H and O–H groups in total. The number of aromatic nitrogens is 2. The minimum atomic E-state index is -0.295. The van der Waals surface area contributed by atoms with E-state index >= 15 is 0 Å². The van der Waals surface area contributed by atoms with Gasteiger partial charge in [0.1, 0.15) is 11.2 Å². The van der Waals surface area contributed by atoms with Crippen molar-refractivity contribution in [3.05, 3.63) is 112 Å². The van der Waals surface area contributed by atoms with Crippen molar-refractivity contribution in [2.45, 2.75) is 26.4 Å². The molecule has 0 atom stereocenters. The third kappa shape index (κ3) is 4.56. The Balaban J connectivity index is 1.71. The number of aryl methyl sites for hydroxylation is 1. The van der Waals surface area contributed by atoms with Gasteiger partial charge in [0.25, 0.3) is 11.5 Å². The Labute approximate surface area is 181 Å². The summed E-state index contributed by atoms with van der Waals surface area (Å²) in [5, 5.41) is 0.787. The van der Waals surface area contributed by atoms with Crippen LogP contribution >= 0.6 is 0 Å². The van der Waals surface area contributed by atoms with E-state index in [1.807, 2.05) is 67.6 Å². The first-order chi connectivity index (χ1) is 15.2. The number of amides is 1. The lowest BCUT2D eigenvalue weighted by Gasteiger charge is -2.23. The van der Waals surface area contributed by atoms with Gasteiger partial charge in [0, 0.05) is 31.2 Å². The highest BCUT2D eigenvalue weighted by molar-refractivity contribution is 5.97. The van der Waals surface area contributed by atoms with Crippen molar-refractivity contribution < 1.29 is 4.79 Å². The zero-order valence-electron chi connectivity index (χ0n) is 17.6. The van der Waals surface area contributed by atoms with E-state index in [0.717, 1.165) is 22.9 Å². The van der Waals surface area contributed by atoms with Crippen LogP contribution in [0.3, 0.4) is 0 Å². The molecule has 2 aromatic heterocycles. The molecule has 2 heterocycles. The average Bonchev–Trinajstić information content (AvgIpc) is 2.82. The Morgan fingerprint density at radius 3 is 2.29 bits per heavy atom. The van der Waals surface area contributed by atoms with Crippen molar-refractivity contribution in [1.29, 1.82) is 0 Å².